The van der Waals surface area contributed by atoms with E-state index >= 15 is 0 Å². The van der Waals surface area contributed by atoms with E-state index in [0.29, 0.717) is 32.4 Å². The fourth-order valence-electron chi connectivity index (χ4n) is 2.05. The number of carbonyl (C=O) groups is 2. The summed E-state index contributed by atoms with van der Waals surface area (Å²) in [4.78, 5) is 22.7. The van der Waals surface area contributed by atoms with Crippen molar-refractivity contribution in [1.29, 1.82) is 0 Å². The van der Waals surface area contributed by atoms with Crippen LogP contribution in [0, 0.1) is 0 Å². The number of amides is 2. The maximum absolute atomic E-state index is 11.5. The predicted octanol–water partition coefficient (Wildman–Crippen LogP) is 0.719. The lowest BCUT2D eigenvalue weighted by molar-refractivity contribution is -0.144. The summed E-state index contributed by atoms with van der Waals surface area (Å²) < 4.78 is 4.85. The number of hydrogen-bond donors (Lipinski definition) is 3. The first kappa shape index (κ1) is 13.8. The molecule has 6 heteroatoms. The molecule has 0 heterocycles. The second-order valence-electron chi connectivity index (χ2n) is 4.32. The van der Waals surface area contributed by atoms with Gasteiger partial charge in [0.2, 0.25) is 0 Å². The van der Waals surface area contributed by atoms with E-state index in [1.807, 2.05) is 0 Å². The van der Waals surface area contributed by atoms with Crippen LogP contribution in [0.4, 0.5) is 4.79 Å². The van der Waals surface area contributed by atoms with Crippen LogP contribution in [0.25, 0.3) is 0 Å². The molecule has 1 aliphatic rings. The highest BCUT2D eigenvalue weighted by Gasteiger charge is 2.42. The van der Waals surface area contributed by atoms with Gasteiger partial charge in [-0.25, -0.2) is 9.59 Å². The van der Waals surface area contributed by atoms with Crippen molar-refractivity contribution in [2.45, 2.75) is 37.6 Å². The van der Waals surface area contributed by atoms with Crippen LogP contribution < -0.4 is 10.6 Å². The fourth-order valence-corrected chi connectivity index (χ4v) is 2.05. The number of methoxy groups -OCH3 is 1. The zero-order valence-corrected chi connectivity index (χ0v) is 10.1. The summed E-state index contributed by atoms with van der Waals surface area (Å²) in [5.41, 5.74) is -1.06. The smallest absolute Gasteiger partial charge is 0.329 e. The number of carboxylic acids is 1. The molecule has 98 valence electrons. The van der Waals surface area contributed by atoms with Crippen LogP contribution in [0.3, 0.4) is 0 Å². The largest absolute Gasteiger partial charge is 0.480 e. The minimum absolute atomic E-state index is 0.412. The lowest BCUT2D eigenvalue weighted by atomic mass is 9.98. The van der Waals surface area contributed by atoms with Crippen LogP contribution in [0.1, 0.15) is 32.1 Å². The summed E-state index contributed by atoms with van der Waals surface area (Å²) in [5, 5.41) is 14.4. The summed E-state index contributed by atoms with van der Waals surface area (Å²) in [5.74, 6) is -0.943. The molecule has 0 aromatic heterocycles. The van der Waals surface area contributed by atoms with Crippen molar-refractivity contribution in [1.82, 2.24) is 10.6 Å². The molecule has 0 aromatic rings. The van der Waals surface area contributed by atoms with Crippen molar-refractivity contribution in [2.75, 3.05) is 20.3 Å². The maximum Gasteiger partial charge on any atom is 0.329 e. The van der Waals surface area contributed by atoms with Crippen molar-refractivity contribution >= 4 is 12.0 Å². The lowest BCUT2D eigenvalue weighted by Gasteiger charge is -2.25. The van der Waals surface area contributed by atoms with Crippen LogP contribution >= 0.6 is 0 Å². The van der Waals surface area contributed by atoms with E-state index in [0.717, 1.165) is 12.8 Å². The van der Waals surface area contributed by atoms with Gasteiger partial charge in [-0.05, 0) is 19.3 Å². The first-order valence-electron chi connectivity index (χ1n) is 5.89. The summed E-state index contributed by atoms with van der Waals surface area (Å²) in [6.07, 6.45) is 3.41. The van der Waals surface area contributed by atoms with Crippen molar-refractivity contribution in [3.8, 4) is 0 Å². The molecule has 0 bridgehead atoms. The average molecular weight is 244 g/mol. The Kier molecular flexibility index (Phi) is 5.21. The Morgan fingerprint density at radius 3 is 2.53 bits per heavy atom. The zero-order chi connectivity index (χ0) is 12.7. The molecule has 2 amide bonds. The molecule has 17 heavy (non-hydrogen) atoms. The molecular weight excluding hydrogens is 224 g/mol. The summed E-state index contributed by atoms with van der Waals surface area (Å²) in [6, 6.07) is -0.412. The van der Waals surface area contributed by atoms with Gasteiger partial charge in [-0.1, -0.05) is 12.8 Å². The molecule has 0 unspecified atom stereocenters. The molecule has 0 aliphatic heterocycles. The number of carbonyl (C=O) groups excluding carboxylic acids is 1. The van der Waals surface area contributed by atoms with Gasteiger partial charge < -0.3 is 20.5 Å². The predicted molar refractivity (Wildman–Crippen MR) is 61.9 cm³/mol. The third-order valence-corrected chi connectivity index (χ3v) is 3.03. The van der Waals surface area contributed by atoms with Crippen LogP contribution in [0.5, 0.6) is 0 Å². The molecule has 1 rings (SSSR count). The third-order valence-electron chi connectivity index (χ3n) is 3.03. The second kappa shape index (κ2) is 6.44. The molecule has 1 aliphatic carbocycles. The maximum atomic E-state index is 11.5. The zero-order valence-electron chi connectivity index (χ0n) is 10.1. The molecule has 0 radical (unpaired) electrons. The van der Waals surface area contributed by atoms with Gasteiger partial charge in [0.25, 0.3) is 0 Å². The molecule has 6 nitrogen and oxygen atoms in total. The van der Waals surface area contributed by atoms with E-state index in [4.69, 9.17) is 9.84 Å². The topological polar surface area (TPSA) is 87.7 Å². The van der Waals surface area contributed by atoms with E-state index in [1.54, 1.807) is 7.11 Å². The Morgan fingerprint density at radius 2 is 2.00 bits per heavy atom. The minimum Gasteiger partial charge on any atom is -0.480 e. The highest BCUT2D eigenvalue weighted by molar-refractivity contribution is 5.86. The highest BCUT2D eigenvalue weighted by atomic mass is 16.5. The SMILES string of the molecule is COCCCNC(=O)NC1(C(=O)O)CCCC1. The molecule has 0 aromatic carbocycles. The summed E-state index contributed by atoms with van der Waals surface area (Å²) in [6.45, 7) is 1.06. The van der Waals surface area contributed by atoms with Crippen molar-refractivity contribution in [2.24, 2.45) is 0 Å². The van der Waals surface area contributed by atoms with Gasteiger partial charge in [-0.3, -0.25) is 0 Å². The number of rotatable bonds is 6. The third kappa shape index (κ3) is 3.89. The lowest BCUT2D eigenvalue weighted by Crippen LogP contribution is -2.55. The van der Waals surface area contributed by atoms with Gasteiger partial charge >= 0.3 is 12.0 Å². The number of ether oxygens (including phenoxy) is 1. The normalized spacial score (nSPS) is 17.7. The number of aliphatic carboxylic acids is 1. The van der Waals surface area contributed by atoms with E-state index in [1.165, 1.54) is 0 Å². The van der Waals surface area contributed by atoms with E-state index in [2.05, 4.69) is 10.6 Å². The first-order valence-corrected chi connectivity index (χ1v) is 5.89. The molecule has 0 spiro atoms. The van der Waals surface area contributed by atoms with Gasteiger partial charge in [0.1, 0.15) is 5.54 Å². The van der Waals surface area contributed by atoms with Crippen molar-refractivity contribution < 1.29 is 19.4 Å². The molecule has 3 N–H and O–H groups in total. The Bertz CT molecular complexity index is 275. The van der Waals surface area contributed by atoms with Gasteiger partial charge in [-0.15, -0.1) is 0 Å². The standard InChI is InChI=1S/C11H20N2O4/c1-17-8-4-7-12-10(16)13-11(9(14)15)5-2-3-6-11/h2-8H2,1H3,(H,14,15)(H2,12,13,16). The van der Waals surface area contributed by atoms with Gasteiger partial charge in [-0.2, -0.15) is 0 Å². The first-order chi connectivity index (χ1) is 8.10. The monoisotopic (exact) mass is 244 g/mol. The quantitative estimate of drug-likeness (QED) is 0.601. The number of carboxylic acid groups (broad SMARTS) is 1. The summed E-state index contributed by atoms with van der Waals surface area (Å²) >= 11 is 0. The van der Waals surface area contributed by atoms with E-state index in [-0.39, 0.29) is 0 Å². The second-order valence-corrected chi connectivity index (χ2v) is 4.32. The Labute approximate surface area is 101 Å². The summed E-state index contributed by atoms with van der Waals surface area (Å²) in [7, 11) is 1.60. The molecule has 0 saturated heterocycles. The van der Waals surface area contributed by atoms with Crippen molar-refractivity contribution in [3.05, 3.63) is 0 Å². The van der Waals surface area contributed by atoms with Crippen LogP contribution in [0.15, 0.2) is 0 Å². The Morgan fingerprint density at radius 1 is 1.35 bits per heavy atom. The average Bonchev–Trinajstić information content (AvgIpc) is 2.74. The molecular formula is C11H20N2O4. The van der Waals surface area contributed by atoms with Crippen molar-refractivity contribution in [3.63, 3.8) is 0 Å². The van der Waals surface area contributed by atoms with Gasteiger partial charge in [0.15, 0.2) is 0 Å². The van der Waals surface area contributed by atoms with Crippen LogP contribution in [0.2, 0.25) is 0 Å². The van der Waals surface area contributed by atoms with Crippen LogP contribution in [-0.2, 0) is 9.53 Å². The Hall–Kier alpha value is -1.30. The molecule has 1 fully saturated rings. The molecule has 1 saturated carbocycles. The number of nitrogens with one attached hydrogen (secondary N) is 2. The highest BCUT2D eigenvalue weighted by Crippen LogP contribution is 2.29. The van der Waals surface area contributed by atoms with Gasteiger partial charge in [0.05, 0.1) is 0 Å². The number of urea groups is 1. The minimum atomic E-state index is -1.06. The Balaban J connectivity index is 2.35. The van der Waals surface area contributed by atoms with Gasteiger partial charge in [0, 0.05) is 20.3 Å². The van der Waals surface area contributed by atoms with E-state index in [9.17, 15) is 9.59 Å². The molecule has 0 atom stereocenters. The van der Waals surface area contributed by atoms with Crippen LogP contribution in [-0.4, -0.2) is 42.9 Å². The number of hydrogen-bond acceptors (Lipinski definition) is 3. The fraction of sp³-hybridized carbons (Fsp3) is 0.818. The van der Waals surface area contributed by atoms with E-state index < -0.39 is 17.5 Å².